The molecule has 0 amide bonds. The SMILES string of the molecule is Cc1ccccc1CC(N)Cc1ccoc1. The summed E-state index contributed by atoms with van der Waals surface area (Å²) in [6.45, 7) is 2.12. The lowest BCUT2D eigenvalue weighted by Gasteiger charge is -2.12. The van der Waals surface area contributed by atoms with Gasteiger partial charge in [-0.25, -0.2) is 0 Å². The van der Waals surface area contributed by atoms with E-state index in [0.29, 0.717) is 0 Å². The zero-order chi connectivity index (χ0) is 11.4. The van der Waals surface area contributed by atoms with Crippen molar-refractivity contribution in [3.63, 3.8) is 0 Å². The van der Waals surface area contributed by atoms with Crippen LogP contribution >= 0.6 is 0 Å². The van der Waals surface area contributed by atoms with Gasteiger partial charge in [0.2, 0.25) is 0 Å². The highest BCUT2D eigenvalue weighted by molar-refractivity contribution is 5.26. The average molecular weight is 215 g/mol. The van der Waals surface area contributed by atoms with Gasteiger partial charge >= 0.3 is 0 Å². The third-order valence-corrected chi connectivity index (χ3v) is 2.82. The topological polar surface area (TPSA) is 39.2 Å². The molecule has 0 fully saturated rings. The first-order valence-electron chi connectivity index (χ1n) is 5.57. The van der Waals surface area contributed by atoms with Crippen molar-refractivity contribution in [3.05, 3.63) is 59.5 Å². The Balaban J connectivity index is 1.97. The molecule has 0 aliphatic rings. The zero-order valence-corrected chi connectivity index (χ0v) is 9.52. The molecule has 0 bridgehead atoms. The van der Waals surface area contributed by atoms with Crippen molar-refractivity contribution in [2.75, 3.05) is 0 Å². The van der Waals surface area contributed by atoms with Crippen LogP contribution < -0.4 is 5.73 Å². The first-order valence-corrected chi connectivity index (χ1v) is 5.57. The number of nitrogens with two attached hydrogens (primary N) is 1. The molecule has 1 aromatic heterocycles. The van der Waals surface area contributed by atoms with Gasteiger partial charge in [-0.15, -0.1) is 0 Å². The molecule has 2 N–H and O–H groups in total. The first kappa shape index (κ1) is 11.0. The van der Waals surface area contributed by atoms with Gasteiger partial charge in [-0.05, 0) is 42.5 Å². The second-order valence-corrected chi connectivity index (χ2v) is 4.23. The summed E-state index contributed by atoms with van der Waals surface area (Å²) in [7, 11) is 0. The molecule has 2 rings (SSSR count). The molecule has 84 valence electrons. The molecule has 1 heterocycles. The molecule has 0 aliphatic carbocycles. The van der Waals surface area contributed by atoms with Gasteiger partial charge in [0.05, 0.1) is 12.5 Å². The van der Waals surface area contributed by atoms with Gasteiger partial charge in [0.25, 0.3) is 0 Å². The highest BCUT2D eigenvalue weighted by Gasteiger charge is 2.07. The van der Waals surface area contributed by atoms with E-state index in [0.717, 1.165) is 12.8 Å². The second kappa shape index (κ2) is 4.99. The smallest absolute Gasteiger partial charge is 0.0935 e. The van der Waals surface area contributed by atoms with Crippen molar-refractivity contribution >= 4 is 0 Å². The lowest BCUT2D eigenvalue weighted by molar-refractivity contribution is 0.559. The Morgan fingerprint density at radius 3 is 2.69 bits per heavy atom. The lowest BCUT2D eigenvalue weighted by atomic mass is 9.98. The number of furan rings is 1. The maximum Gasteiger partial charge on any atom is 0.0935 e. The number of rotatable bonds is 4. The Kier molecular flexibility index (Phi) is 3.42. The molecule has 0 saturated carbocycles. The van der Waals surface area contributed by atoms with Crippen molar-refractivity contribution in [2.45, 2.75) is 25.8 Å². The Hall–Kier alpha value is -1.54. The van der Waals surface area contributed by atoms with Gasteiger partial charge in [0, 0.05) is 6.04 Å². The molecule has 2 aromatic rings. The van der Waals surface area contributed by atoms with Crippen molar-refractivity contribution in [1.29, 1.82) is 0 Å². The third kappa shape index (κ3) is 2.74. The Morgan fingerprint density at radius 2 is 2.00 bits per heavy atom. The summed E-state index contributed by atoms with van der Waals surface area (Å²) < 4.78 is 5.03. The maximum absolute atomic E-state index is 6.12. The summed E-state index contributed by atoms with van der Waals surface area (Å²) in [5.41, 5.74) is 9.93. The number of aryl methyl sites for hydroxylation is 1. The van der Waals surface area contributed by atoms with Gasteiger partial charge in [-0.3, -0.25) is 0 Å². The largest absolute Gasteiger partial charge is 0.472 e. The van der Waals surface area contributed by atoms with E-state index in [1.54, 1.807) is 12.5 Å². The monoisotopic (exact) mass is 215 g/mol. The standard InChI is InChI=1S/C14H17NO/c1-11-4-2-3-5-13(11)9-14(15)8-12-6-7-16-10-12/h2-7,10,14H,8-9,15H2,1H3. The van der Waals surface area contributed by atoms with Crippen LogP contribution in [0.1, 0.15) is 16.7 Å². The molecule has 0 spiro atoms. The fourth-order valence-electron chi connectivity index (χ4n) is 1.91. The summed E-state index contributed by atoms with van der Waals surface area (Å²) in [4.78, 5) is 0. The van der Waals surface area contributed by atoms with Crippen LogP contribution in [0.3, 0.4) is 0 Å². The van der Waals surface area contributed by atoms with Gasteiger partial charge in [0.15, 0.2) is 0 Å². The second-order valence-electron chi connectivity index (χ2n) is 4.23. The molecule has 1 aromatic carbocycles. The predicted octanol–water partition coefficient (Wildman–Crippen LogP) is 2.70. The van der Waals surface area contributed by atoms with Crippen LogP contribution in [0.2, 0.25) is 0 Å². The molecule has 16 heavy (non-hydrogen) atoms. The van der Waals surface area contributed by atoms with E-state index < -0.39 is 0 Å². The van der Waals surface area contributed by atoms with Crippen LogP contribution in [0.5, 0.6) is 0 Å². The average Bonchev–Trinajstić information content (AvgIpc) is 2.74. The van der Waals surface area contributed by atoms with Crippen LogP contribution in [0, 0.1) is 6.92 Å². The quantitative estimate of drug-likeness (QED) is 0.851. The Morgan fingerprint density at radius 1 is 1.19 bits per heavy atom. The number of hydrogen-bond donors (Lipinski definition) is 1. The summed E-state index contributed by atoms with van der Waals surface area (Å²) in [5, 5.41) is 0. The normalized spacial score (nSPS) is 12.6. The Bertz CT molecular complexity index is 434. The van der Waals surface area contributed by atoms with E-state index in [2.05, 4.69) is 31.2 Å². The first-order chi connectivity index (χ1) is 7.75. The fourth-order valence-corrected chi connectivity index (χ4v) is 1.91. The number of hydrogen-bond acceptors (Lipinski definition) is 2. The van der Waals surface area contributed by atoms with E-state index in [1.165, 1.54) is 16.7 Å². The highest BCUT2D eigenvalue weighted by atomic mass is 16.3. The van der Waals surface area contributed by atoms with Crippen LogP contribution in [-0.2, 0) is 12.8 Å². The minimum absolute atomic E-state index is 0.152. The molecule has 1 atom stereocenters. The summed E-state index contributed by atoms with van der Waals surface area (Å²) in [6.07, 6.45) is 5.23. The number of benzene rings is 1. The molecule has 2 nitrogen and oxygen atoms in total. The van der Waals surface area contributed by atoms with Crippen LogP contribution in [-0.4, -0.2) is 6.04 Å². The minimum atomic E-state index is 0.152. The highest BCUT2D eigenvalue weighted by Crippen LogP contribution is 2.11. The summed E-state index contributed by atoms with van der Waals surface area (Å²) >= 11 is 0. The van der Waals surface area contributed by atoms with Crippen LogP contribution in [0.25, 0.3) is 0 Å². The van der Waals surface area contributed by atoms with Gasteiger partial charge in [-0.1, -0.05) is 24.3 Å². The van der Waals surface area contributed by atoms with Crippen molar-refractivity contribution in [3.8, 4) is 0 Å². The molecule has 0 aliphatic heterocycles. The minimum Gasteiger partial charge on any atom is -0.472 e. The van der Waals surface area contributed by atoms with Crippen molar-refractivity contribution < 1.29 is 4.42 Å². The molecule has 2 heteroatoms. The molecular weight excluding hydrogens is 198 g/mol. The lowest BCUT2D eigenvalue weighted by Crippen LogP contribution is -2.25. The van der Waals surface area contributed by atoms with Gasteiger partial charge in [-0.2, -0.15) is 0 Å². The van der Waals surface area contributed by atoms with Crippen LogP contribution in [0.15, 0.2) is 47.3 Å². The molecule has 0 saturated heterocycles. The summed E-state index contributed by atoms with van der Waals surface area (Å²) in [5.74, 6) is 0. The fraction of sp³-hybridized carbons (Fsp3) is 0.286. The zero-order valence-electron chi connectivity index (χ0n) is 9.52. The van der Waals surface area contributed by atoms with E-state index in [4.69, 9.17) is 10.2 Å². The van der Waals surface area contributed by atoms with E-state index in [9.17, 15) is 0 Å². The van der Waals surface area contributed by atoms with Gasteiger partial charge in [0.1, 0.15) is 0 Å². The van der Waals surface area contributed by atoms with E-state index in [1.807, 2.05) is 6.07 Å². The molecule has 1 unspecified atom stereocenters. The van der Waals surface area contributed by atoms with Crippen molar-refractivity contribution in [1.82, 2.24) is 0 Å². The summed E-state index contributed by atoms with van der Waals surface area (Å²) in [6, 6.07) is 10.5. The van der Waals surface area contributed by atoms with Crippen LogP contribution in [0.4, 0.5) is 0 Å². The molecule has 0 radical (unpaired) electrons. The predicted molar refractivity (Wildman–Crippen MR) is 65.3 cm³/mol. The van der Waals surface area contributed by atoms with E-state index >= 15 is 0 Å². The molecular formula is C14H17NO. The maximum atomic E-state index is 6.12. The van der Waals surface area contributed by atoms with Gasteiger partial charge < -0.3 is 10.2 Å². The van der Waals surface area contributed by atoms with Crippen molar-refractivity contribution in [2.24, 2.45) is 5.73 Å². The van der Waals surface area contributed by atoms with E-state index in [-0.39, 0.29) is 6.04 Å². The third-order valence-electron chi connectivity index (χ3n) is 2.82. The Labute approximate surface area is 96.1 Å².